The fraction of sp³-hybridized carbons (Fsp3) is 0.190. The van der Waals surface area contributed by atoms with Crippen LogP contribution < -0.4 is 9.11 Å². The van der Waals surface area contributed by atoms with Crippen LogP contribution in [0.5, 0.6) is 0 Å². The Kier molecular flexibility index (Phi) is 7.49. The van der Waals surface area contributed by atoms with Crippen LogP contribution >= 0.6 is 22.9 Å². The van der Waals surface area contributed by atoms with Crippen molar-refractivity contribution in [2.45, 2.75) is 6.54 Å². The number of carbonyl (C=O) groups excluding carboxylic acids is 2. The Morgan fingerprint density at radius 3 is 2.56 bits per heavy atom. The lowest BCUT2D eigenvalue weighted by atomic mass is 10.2. The van der Waals surface area contributed by atoms with E-state index in [0.717, 1.165) is 16.1 Å². The van der Waals surface area contributed by atoms with E-state index < -0.39 is 28.5 Å². The number of benzene rings is 2. The van der Waals surface area contributed by atoms with Crippen LogP contribution in [0.3, 0.4) is 0 Å². The van der Waals surface area contributed by atoms with Gasteiger partial charge in [0.25, 0.3) is 5.91 Å². The molecule has 3 rings (SSSR count). The summed E-state index contributed by atoms with van der Waals surface area (Å²) in [5.74, 6) is -1.47. The van der Waals surface area contributed by atoms with Crippen molar-refractivity contribution in [3.8, 4) is 0 Å². The van der Waals surface area contributed by atoms with Crippen molar-refractivity contribution < 1.29 is 22.7 Å². The average Bonchev–Trinajstić information content (AvgIpc) is 3.19. The van der Waals surface area contributed by atoms with E-state index in [1.54, 1.807) is 34.3 Å². The van der Waals surface area contributed by atoms with Crippen LogP contribution in [-0.2, 0) is 26.1 Å². The molecule has 0 N–H and O–H groups in total. The topological polar surface area (TPSA) is 98.0 Å². The molecule has 11 heteroatoms. The first-order chi connectivity index (χ1) is 15.2. The van der Waals surface area contributed by atoms with Crippen molar-refractivity contribution in [2.24, 2.45) is 4.99 Å². The maximum absolute atomic E-state index is 12.5. The summed E-state index contributed by atoms with van der Waals surface area (Å²) in [6, 6.07) is 13.4. The van der Waals surface area contributed by atoms with Gasteiger partial charge in [0.1, 0.15) is 0 Å². The molecular weight excluding hydrogens is 474 g/mol. The van der Waals surface area contributed by atoms with E-state index in [2.05, 4.69) is 4.99 Å². The summed E-state index contributed by atoms with van der Waals surface area (Å²) in [5, 5.41) is 2.39. The number of anilines is 1. The molecule has 0 unspecified atom stereocenters. The van der Waals surface area contributed by atoms with Crippen LogP contribution in [0.4, 0.5) is 5.69 Å². The van der Waals surface area contributed by atoms with Crippen molar-refractivity contribution in [1.82, 2.24) is 4.57 Å². The molecule has 0 bridgehead atoms. The number of para-hydroxylation sites is 1. The molecule has 0 saturated carbocycles. The second-order valence-corrected chi connectivity index (χ2v) is 10.0. The number of sulfonamides is 1. The Labute approximate surface area is 194 Å². The Balaban J connectivity index is 1.72. The number of ether oxygens (including phenoxy) is 1. The van der Waals surface area contributed by atoms with Gasteiger partial charge >= 0.3 is 5.97 Å². The first kappa shape index (κ1) is 23.7. The van der Waals surface area contributed by atoms with Gasteiger partial charge in [-0.1, -0.05) is 41.9 Å². The average molecular weight is 494 g/mol. The molecule has 1 amide bonds. The van der Waals surface area contributed by atoms with Crippen LogP contribution in [0.15, 0.2) is 65.1 Å². The van der Waals surface area contributed by atoms with Crippen LogP contribution in [0, 0.1) is 0 Å². The van der Waals surface area contributed by atoms with Crippen LogP contribution in [0.2, 0.25) is 5.02 Å². The highest BCUT2D eigenvalue weighted by atomic mass is 35.5. The fourth-order valence-electron chi connectivity index (χ4n) is 2.76. The number of halogens is 1. The maximum Gasteiger partial charge on any atom is 0.340 e. The summed E-state index contributed by atoms with van der Waals surface area (Å²) in [6.07, 6.45) is 2.81. The molecule has 0 fully saturated rings. The molecule has 0 aliphatic carbocycles. The number of hydrogen-bond donors (Lipinski definition) is 0. The SMILES string of the molecule is CN(c1ccccc1C(=O)OCC(=O)N=c1sccn1Cc1ccccc1Cl)S(C)(=O)=O. The number of esters is 1. The molecule has 0 radical (unpaired) electrons. The van der Waals surface area contributed by atoms with E-state index in [4.69, 9.17) is 16.3 Å². The highest BCUT2D eigenvalue weighted by Gasteiger charge is 2.21. The van der Waals surface area contributed by atoms with Gasteiger partial charge in [0, 0.05) is 23.6 Å². The molecule has 32 heavy (non-hydrogen) atoms. The summed E-state index contributed by atoms with van der Waals surface area (Å²) in [4.78, 5) is 29.3. The van der Waals surface area contributed by atoms with Crippen molar-refractivity contribution >= 4 is 50.5 Å². The predicted molar refractivity (Wildman–Crippen MR) is 123 cm³/mol. The van der Waals surface area contributed by atoms with Crippen LogP contribution in [0.1, 0.15) is 15.9 Å². The van der Waals surface area contributed by atoms with E-state index in [0.29, 0.717) is 16.4 Å². The van der Waals surface area contributed by atoms with E-state index in [1.165, 1.54) is 30.5 Å². The Morgan fingerprint density at radius 2 is 1.84 bits per heavy atom. The van der Waals surface area contributed by atoms with Gasteiger partial charge in [0.15, 0.2) is 11.4 Å². The van der Waals surface area contributed by atoms with Crippen molar-refractivity contribution in [3.63, 3.8) is 0 Å². The minimum atomic E-state index is -3.58. The zero-order valence-corrected chi connectivity index (χ0v) is 19.7. The highest BCUT2D eigenvalue weighted by molar-refractivity contribution is 7.92. The smallest absolute Gasteiger partial charge is 0.340 e. The molecule has 168 valence electrons. The molecular formula is C21H20ClN3O5S2. The lowest BCUT2D eigenvalue weighted by Gasteiger charge is -2.19. The third kappa shape index (κ3) is 5.84. The summed E-state index contributed by atoms with van der Waals surface area (Å²) in [7, 11) is -2.25. The normalized spacial score (nSPS) is 11.9. The summed E-state index contributed by atoms with van der Waals surface area (Å²) >= 11 is 7.46. The molecule has 1 aromatic heterocycles. The summed E-state index contributed by atoms with van der Waals surface area (Å²) in [6.45, 7) is -0.153. The molecule has 0 spiro atoms. The summed E-state index contributed by atoms with van der Waals surface area (Å²) < 4.78 is 31.5. The highest BCUT2D eigenvalue weighted by Crippen LogP contribution is 2.22. The Bertz CT molecular complexity index is 1310. The standard InChI is InChI=1S/C21H20ClN3O5S2/c1-24(32(2,28)29)18-10-6-4-8-16(18)20(27)30-14-19(26)23-21-25(11-12-31-21)13-15-7-3-5-9-17(15)22/h3-12H,13-14H2,1-2H3. The lowest BCUT2D eigenvalue weighted by Crippen LogP contribution is -2.27. The minimum Gasteiger partial charge on any atom is -0.452 e. The summed E-state index contributed by atoms with van der Waals surface area (Å²) in [5.41, 5.74) is 1.05. The van der Waals surface area contributed by atoms with Gasteiger partial charge in [-0.05, 0) is 23.8 Å². The van der Waals surface area contributed by atoms with Gasteiger partial charge in [-0.3, -0.25) is 9.10 Å². The van der Waals surface area contributed by atoms with Gasteiger partial charge < -0.3 is 9.30 Å². The predicted octanol–water partition coefficient (Wildman–Crippen LogP) is 2.93. The van der Waals surface area contributed by atoms with Crippen molar-refractivity contribution in [2.75, 3.05) is 24.2 Å². The first-order valence-corrected chi connectivity index (χ1v) is 12.4. The Morgan fingerprint density at radius 1 is 1.16 bits per heavy atom. The van der Waals surface area contributed by atoms with E-state index in [9.17, 15) is 18.0 Å². The molecule has 0 saturated heterocycles. The van der Waals surface area contributed by atoms with E-state index in [-0.39, 0.29) is 11.3 Å². The van der Waals surface area contributed by atoms with Gasteiger partial charge in [-0.2, -0.15) is 4.99 Å². The van der Waals surface area contributed by atoms with Crippen LogP contribution in [0.25, 0.3) is 0 Å². The molecule has 3 aromatic rings. The van der Waals surface area contributed by atoms with Crippen LogP contribution in [-0.4, -0.2) is 44.8 Å². The first-order valence-electron chi connectivity index (χ1n) is 9.32. The number of nitrogens with zero attached hydrogens (tertiary/aromatic N) is 3. The lowest BCUT2D eigenvalue weighted by molar-refractivity contribution is -0.121. The monoisotopic (exact) mass is 493 g/mol. The number of rotatable bonds is 7. The molecule has 1 heterocycles. The zero-order valence-electron chi connectivity index (χ0n) is 17.3. The minimum absolute atomic E-state index is 0.0260. The molecule has 0 aliphatic rings. The number of aromatic nitrogens is 1. The molecule has 2 aromatic carbocycles. The number of amides is 1. The number of carbonyl (C=O) groups is 2. The number of hydrogen-bond acceptors (Lipinski definition) is 6. The second kappa shape index (κ2) is 10.1. The third-order valence-electron chi connectivity index (χ3n) is 4.47. The maximum atomic E-state index is 12.5. The quantitative estimate of drug-likeness (QED) is 0.471. The van der Waals surface area contributed by atoms with E-state index in [1.807, 2.05) is 18.2 Å². The van der Waals surface area contributed by atoms with Gasteiger partial charge in [-0.25, -0.2) is 13.2 Å². The van der Waals surface area contributed by atoms with E-state index >= 15 is 0 Å². The molecule has 8 nitrogen and oxygen atoms in total. The van der Waals surface area contributed by atoms with Gasteiger partial charge in [0.05, 0.1) is 24.1 Å². The van der Waals surface area contributed by atoms with Crippen molar-refractivity contribution in [3.05, 3.63) is 81.1 Å². The molecule has 0 atom stereocenters. The fourth-order valence-corrected chi connectivity index (χ4v) is 4.22. The Hall–Kier alpha value is -2.95. The third-order valence-corrected chi connectivity index (χ3v) is 6.82. The van der Waals surface area contributed by atoms with Gasteiger partial charge in [0.2, 0.25) is 10.0 Å². The van der Waals surface area contributed by atoms with Crippen molar-refractivity contribution in [1.29, 1.82) is 0 Å². The largest absolute Gasteiger partial charge is 0.452 e. The molecule has 0 aliphatic heterocycles. The van der Waals surface area contributed by atoms with Gasteiger partial charge in [-0.15, -0.1) is 11.3 Å². The number of thiazole rings is 1. The zero-order chi connectivity index (χ0) is 23.3. The second-order valence-electron chi connectivity index (χ2n) is 6.73.